The predicted molar refractivity (Wildman–Crippen MR) is 78.4 cm³/mol. The standard InChI is InChI=1S/C13H21BrN2S/c1-16(8-12-7-11(14)9-17-12)10-13(15)5-3-2-4-6-13/h7,9H,2-6,8,10,15H2,1H3. The van der Waals surface area contributed by atoms with Crippen molar-refractivity contribution in [2.45, 2.75) is 44.2 Å². The normalized spacial score (nSPS) is 19.8. The summed E-state index contributed by atoms with van der Waals surface area (Å²) in [5, 5.41) is 2.14. The van der Waals surface area contributed by atoms with Crippen LogP contribution in [-0.4, -0.2) is 24.0 Å². The van der Waals surface area contributed by atoms with Crippen LogP contribution in [-0.2, 0) is 6.54 Å². The number of likely N-dealkylation sites (N-methyl/N-ethyl adjacent to an activating group) is 1. The second-order valence-electron chi connectivity index (χ2n) is 5.33. The Balaban J connectivity index is 1.85. The fourth-order valence-corrected chi connectivity index (χ4v) is 4.24. The van der Waals surface area contributed by atoms with Crippen molar-refractivity contribution < 1.29 is 0 Å². The van der Waals surface area contributed by atoms with E-state index in [1.165, 1.54) is 41.5 Å². The van der Waals surface area contributed by atoms with Crippen molar-refractivity contribution in [3.63, 3.8) is 0 Å². The molecule has 1 saturated carbocycles. The van der Waals surface area contributed by atoms with Gasteiger partial charge in [-0.1, -0.05) is 19.3 Å². The van der Waals surface area contributed by atoms with Crippen molar-refractivity contribution in [2.75, 3.05) is 13.6 Å². The van der Waals surface area contributed by atoms with Gasteiger partial charge in [-0.25, -0.2) is 0 Å². The SMILES string of the molecule is CN(Cc1cc(Br)cs1)CC1(N)CCCCC1. The molecule has 2 N–H and O–H groups in total. The number of nitrogens with zero attached hydrogens (tertiary/aromatic N) is 1. The highest BCUT2D eigenvalue weighted by atomic mass is 79.9. The van der Waals surface area contributed by atoms with Gasteiger partial charge in [0, 0.05) is 33.4 Å². The highest BCUT2D eigenvalue weighted by Crippen LogP contribution is 2.27. The van der Waals surface area contributed by atoms with Crippen molar-refractivity contribution in [3.05, 3.63) is 20.8 Å². The molecule has 1 aromatic heterocycles. The molecule has 0 spiro atoms. The van der Waals surface area contributed by atoms with Crippen LogP contribution in [0.25, 0.3) is 0 Å². The first-order chi connectivity index (χ1) is 8.07. The molecule has 1 aliphatic carbocycles. The van der Waals surface area contributed by atoms with E-state index in [9.17, 15) is 0 Å². The lowest BCUT2D eigenvalue weighted by Crippen LogP contribution is -2.50. The van der Waals surface area contributed by atoms with Gasteiger partial charge < -0.3 is 5.73 Å². The summed E-state index contributed by atoms with van der Waals surface area (Å²) in [6, 6.07) is 2.20. The fourth-order valence-electron chi connectivity index (χ4n) is 2.71. The van der Waals surface area contributed by atoms with E-state index in [1.54, 1.807) is 0 Å². The lowest BCUT2D eigenvalue weighted by molar-refractivity contribution is 0.194. The van der Waals surface area contributed by atoms with E-state index >= 15 is 0 Å². The largest absolute Gasteiger partial charge is 0.324 e. The monoisotopic (exact) mass is 316 g/mol. The molecule has 1 aliphatic rings. The predicted octanol–water partition coefficient (Wildman–Crippen LogP) is 3.60. The van der Waals surface area contributed by atoms with Crippen LogP contribution in [0.4, 0.5) is 0 Å². The van der Waals surface area contributed by atoms with E-state index in [4.69, 9.17) is 5.73 Å². The van der Waals surface area contributed by atoms with Crippen LogP contribution in [0, 0.1) is 0 Å². The van der Waals surface area contributed by atoms with Gasteiger partial charge in [-0.15, -0.1) is 11.3 Å². The zero-order chi connectivity index (χ0) is 12.3. The van der Waals surface area contributed by atoms with Crippen LogP contribution in [0.15, 0.2) is 15.9 Å². The molecule has 0 bridgehead atoms. The number of rotatable bonds is 4. The summed E-state index contributed by atoms with van der Waals surface area (Å²) in [4.78, 5) is 3.77. The van der Waals surface area contributed by atoms with Gasteiger partial charge >= 0.3 is 0 Å². The topological polar surface area (TPSA) is 29.3 Å². The van der Waals surface area contributed by atoms with Crippen LogP contribution in [0.2, 0.25) is 0 Å². The summed E-state index contributed by atoms with van der Waals surface area (Å²) in [7, 11) is 2.18. The summed E-state index contributed by atoms with van der Waals surface area (Å²) in [6.45, 7) is 2.03. The Morgan fingerprint density at radius 2 is 2.12 bits per heavy atom. The molecular formula is C13H21BrN2S. The Kier molecular flexibility index (Phi) is 4.64. The summed E-state index contributed by atoms with van der Waals surface area (Å²) >= 11 is 5.31. The zero-order valence-electron chi connectivity index (χ0n) is 10.4. The molecule has 17 heavy (non-hydrogen) atoms. The van der Waals surface area contributed by atoms with Gasteiger partial charge in [-0.3, -0.25) is 4.90 Å². The lowest BCUT2D eigenvalue weighted by Gasteiger charge is -2.36. The summed E-state index contributed by atoms with van der Waals surface area (Å²) in [5.74, 6) is 0. The van der Waals surface area contributed by atoms with Gasteiger partial charge in [0.15, 0.2) is 0 Å². The number of hydrogen-bond acceptors (Lipinski definition) is 3. The molecule has 4 heteroatoms. The third kappa shape index (κ3) is 4.05. The number of halogens is 1. The number of nitrogens with two attached hydrogens (primary N) is 1. The van der Waals surface area contributed by atoms with Crippen LogP contribution in [0.3, 0.4) is 0 Å². The zero-order valence-corrected chi connectivity index (χ0v) is 12.8. The van der Waals surface area contributed by atoms with E-state index in [0.717, 1.165) is 13.1 Å². The molecule has 0 unspecified atom stereocenters. The lowest BCUT2D eigenvalue weighted by atomic mass is 9.82. The number of hydrogen-bond donors (Lipinski definition) is 1. The van der Waals surface area contributed by atoms with E-state index in [0.29, 0.717) is 0 Å². The van der Waals surface area contributed by atoms with Crippen LogP contribution >= 0.6 is 27.3 Å². The second-order valence-corrected chi connectivity index (χ2v) is 7.24. The first-order valence-corrected chi connectivity index (χ1v) is 7.95. The van der Waals surface area contributed by atoms with Gasteiger partial charge in [0.1, 0.15) is 0 Å². The maximum absolute atomic E-state index is 6.47. The van der Waals surface area contributed by atoms with Gasteiger partial charge in [-0.2, -0.15) is 0 Å². The molecule has 0 radical (unpaired) electrons. The Hall–Kier alpha value is 0.1000. The Morgan fingerprint density at radius 1 is 1.41 bits per heavy atom. The van der Waals surface area contributed by atoms with Crippen LogP contribution < -0.4 is 5.73 Å². The van der Waals surface area contributed by atoms with Crippen LogP contribution in [0.1, 0.15) is 37.0 Å². The molecule has 96 valence electrons. The molecule has 0 aliphatic heterocycles. The third-order valence-electron chi connectivity index (χ3n) is 3.48. The Morgan fingerprint density at radius 3 is 2.71 bits per heavy atom. The van der Waals surface area contributed by atoms with Crippen molar-refractivity contribution in [1.82, 2.24) is 4.90 Å². The van der Waals surface area contributed by atoms with E-state index in [1.807, 2.05) is 11.3 Å². The third-order valence-corrected chi connectivity index (χ3v) is 5.16. The van der Waals surface area contributed by atoms with E-state index in [2.05, 4.69) is 39.3 Å². The van der Waals surface area contributed by atoms with Gasteiger partial charge in [0.05, 0.1) is 0 Å². The van der Waals surface area contributed by atoms with E-state index in [-0.39, 0.29) is 5.54 Å². The minimum atomic E-state index is 0.0570. The highest BCUT2D eigenvalue weighted by molar-refractivity contribution is 9.10. The average Bonchev–Trinajstić information content (AvgIpc) is 2.63. The number of thiophene rings is 1. The smallest absolute Gasteiger partial charge is 0.0326 e. The quantitative estimate of drug-likeness (QED) is 0.919. The average molecular weight is 317 g/mol. The molecule has 0 saturated heterocycles. The molecule has 2 rings (SSSR count). The maximum atomic E-state index is 6.47. The molecule has 1 heterocycles. The van der Waals surface area contributed by atoms with E-state index < -0.39 is 0 Å². The highest BCUT2D eigenvalue weighted by Gasteiger charge is 2.28. The fraction of sp³-hybridized carbons (Fsp3) is 0.692. The van der Waals surface area contributed by atoms with Gasteiger partial charge in [0.2, 0.25) is 0 Å². The maximum Gasteiger partial charge on any atom is 0.0326 e. The molecule has 1 aromatic rings. The molecule has 0 aromatic carbocycles. The molecule has 2 nitrogen and oxygen atoms in total. The minimum absolute atomic E-state index is 0.0570. The minimum Gasteiger partial charge on any atom is -0.324 e. The second kappa shape index (κ2) is 5.83. The summed E-state index contributed by atoms with van der Waals surface area (Å²) < 4.78 is 1.19. The Labute approximate surface area is 116 Å². The molecular weight excluding hydrogens is 296 g/mol. The molecule has 0 amide bonds. The Bertz CT molecular complexity index is 358. The van der Waals surface area contributed by atoms with Gasteiger partial charge in [0.25, 0.3) is 0 Å². The van der Waals surface area contributed by atoms with Crippen molar-refractivity contribution in [3.8, 4) is 0 Å². The molecule has 0 atom stereocenters. The summed E-state index contributed by atoms with van der Waals surface area (Å²) in [6.07, 6.45) is 6.33. The molecule has 1 fully saturated rings. The summed E-state index contributed by atoms with van der Waals surface area (Å²) in [5.41, 5.74) is 6.53. The first kappa shape index (κ1) is 13.5. The van der Waals surface area contributed by atoms with Crippen molar-refractivity contribution >= 4 is 27.3 Å². The van der Waals surface area contributed by atoms with Crippen LogP contribution in [0.5, 0.6) is 0 Å². The van der Waals surface area contributed by atoms with Crippen molar-refractivity contribution in [1.29, 1.82) is 0 Å². The van der Waals surface area contributed by atoms with Crippen molar-refractivity contribution in [2.24, 2.45) is 5.73 Å². The van der Waals surface area contributed by atoms with Gasteiger partial charge in [-0.05, 0) is 41.9 Å². The first-order valence-electron chi connectivity index (χ1n) is 6.28.